The van der Waals surface area contributed by atoms with Gasteiger partial charge >= 0.3 is 5.97 Å². The van der Waals surface area contributed by atoms with E-state index < -0.39 is 5.97 Å². The number of hydrogen-bond donors (Lipinski definition) is 1. The van der Waals surface area contributed by atoms with Crippen molar-refractivity contribution in [3.8, 4) is 0 Å². The summed E-state index contributed by atoms with van der Waals surface area (Å²) in [6.45, 7) is 13.7. The van der Waals surface area contributed by atoms with E-state index in [1.54, 1.807) is 12.1 Å². The number of carboxylic acids is 1. The Hall–Kier alpha value is -2.61. The van der Waals surface area contributed by atoms with Gasteiger partial charge in [0.2, 0.25) is 0 Å². The molecule has 0 aliphatic heterocycles. The van der Waals surface area contributed by atoms with E-state index in [2.05, 4.69) is 59.8 Å². The van der Waals surface area contributed by atoms with Crippen LogP contribution < -0.4 is 0 Å². The van der Waals surface area contributed by atoms with Gasteiger partial charge in [0.1, 0.15) is 0 Å². The number of carbonyl (C=O) groups is 1. The zero-order chi connectivity index (χ0) is 21.4. The van der Waals surface area contributed by atoms with Crippen LogP contribution in [0.15, 0.2) is 48.6 Å². The molecule has 29 heavy (non-hydrogen) atoms. The molecule has 0 saturated heterocycles. The maximum Gasteiger partial charge on any atom is 0.336 e. The van der Waals surface area contributed by atoms with Crippen LogP contribution in [0.2, 0.25) is 0 Å². The Morgan fingerprint density at radius 3 is 2.17 bits per heavy atom. The van der Waals surface area contributed by atoms with Crippen molar-refractivity contribution >= 4 is 17.6 Å². The fraction of sp³-hybridized carbons (Fsp3) is 0.370. The third-order valence-electron chi connectivity index (χ3n) is 6.44. The van der Waals surface area contributed by atoms with Crippen LogP contribution in [0.25, 0.3) is 11.6 Å². The lowest BCUT2D eigenvalue weighted by atomic mass is 9.62. The predicted molar refractivity (Wildman–Crippen MR) is 123 cm³/mol. The topological polar surface area (TPSA) is 37.3 Å². The third-order valence-corrected chi connectivity index (χ3v) is 6.44. The first kappa shape index (κ1) is 21.1. The van der Waals surface area contributed by atoms with E-state index in [4.69, 9.17) is 0 Å². The summed E-state index contributed by atoms with van der Waals surface area (Å²) in [5.41, 5.74) is 8.13. The Balaban J connectivity index is 1.98. The molecule has 0 heterocycles. The zero-order valence-corrected chi connectivity index (χ0v) is 18.5. The maximum absolute atomic E-state index is 11.4. The second-order valence-corrected chi connectivity index (χ2v) is 9.58. The van der Waals surface area contributed by atoms with Gasteiger partial charge in [-0.3, -0.25) is 0 Å². The summed E-state index contributed by atoms with van der Waals surface area (Å²) in [6.07, 6.45) is 8.31. The van der Waals surface area contributed by atoms with Gasteiger partial charge in [0, 0.05) is 0 Å². The SMILES string of the molecule is CC(=CC=Cc1ccccc1C(=O)O)c1cc2c(cc1C)C(C)(C)CCC2(C)C. The number of carboxylic acid groups (broad SMARTS) is 1. The molecule has 0 aromatic heterocycles. The van der Waals surface area contributed by atoms with Gasteiger partial charge in [0.25, 0.3) is 0 Å². The normalized spacial score (nSPS) is 17.9. The van der Waals surface area contributed by atoms with Gasteiger partial charge in [-0.15, -0.1) is 0 Å². The van der Waals surface area contributed by atoms with Gasteiger partial charge in [0.15, 0.2) is 0 Å². The fourth-order valence-electron chi connectivity index (χ4n) is 4.37. The smallest absolute Gasteiger partial charge is 0.336 e. The lowest BCUT2D eigenvalue weighted by Crippen LogP contribution is -2.34. The van der Waals surface area contributed by atoms with Gasteiger partial charge in [-0.1, -0.05) is 76.3 Å². The van der Waals surface area contributed by atoms with Crippen LogP contribution in [0, 0.1) is 6.92 Å². The molecule has 0 fully saturated rings. The van der Waals surface area contributed by atoms with Gasteiger partial charge < -0.3 is 5.11 Å². The van der Waals surface area contributed by atoms with Crippen LogP contribution in [0.4, 0.5) is 0 Å². The first-order chi connectivity index (χ1) is 13.5. The van der Waals surface area contributed by atoms with E-state index in [1.165, 1.54) is 40.7 Å². The lowest BCUT2D eigenvalue weighted by Gasteiger charge is -2.42. The van der Waals surface area contributed by atoms with Crippen molar-refractivity contribution < 1.29 is 9.90 Å². The van der Waals surface area contributed by atoms with Crippen molar-refractivity contribution in [2.75, 3.05) is 0 Å². The van der Waals surface area contributed by atoms with Crippen molar-refractivity contribution in [3.63, 3.8) is 0 Å². The molecule has 2 nitrogen and oxygen atoms in total. The number of allylic oxidation sites excluding steroid dienone is 3. The van der Waals surface area contributed by atoms with Crippen LogP contribution in [0.1, 0.15) is 85.6 Å². The number of benzene rings is 2. The molecule has 0 spiro atoms. The van der Waals surface area contributed by atoms with Gasteiger partial charge in [-0.25, -0.2) is 4.79 Å². The summed E-state index contributed by atoms with van der Waals surface area (Å²) in [5.74, 6) is -0.902. The summed E-state index contributed by atoms with van der Waals surface area (Å²) in [7, 11) is 0. The highest BCUT2D eigenvalue weighted by atomic mass is 16.4. The van der Waals surface area contributed by atoms with Gasteiger partial charge in [-0.2, -0.15) is 0 Å². The molecule has 1 aliphatic carbocycles. The van der Waals surface area contributed by atoms with E-state index in [0.29, 0.717) is 11.1 Å². The monoisotopic (exact) mass is 388 g/mol. The lowest BCUT2D eigenvalue weighted by molar-refractivity contribution is 0.0696. The van der Waals surface area contributed by atoms with Crippen molar-refractivity contribution in [1.82, 2.24) is 0 Å². The van der Waals surface area contributed by atoms with Crippen LogP contribution in [0.3, 0.4) is 0 Å². The molecule has 0 amide bonds. The first-order valence-corrected chi connectivity index (χ1v) is 10.4. The van der Waals surface area contributed by atoms with E-state index in [9.17, 15) is 9.90 Å². The largest absolute Gasteiger partial charge is 0.478 e. The van der Waals surface area contributed by atoms with Crippen LogP contribution >= 0.6 is 0 Å². The molecule has 0 bridgehead atoms. The number of fused-ring (bicyclic) bond motifs is 1. The van der Waals surface area contributed by atoms with E-state index >= 15 is 0 Å². The van der Waals surface area contributed by atoms with E-state index in [-0.39, 0.29) is 10.8 Å². The van der Waals surface area contributed by atoms with E-state index in [0.717, 1.165) is 0 Å². The van der Waals surface area contributed by atoms with Crippen molar-refractivity contribution in [2.45, 2.75) is 65.2 Å². The average molecular weight is 389 g/mol. The molecule has 152 valence electrons. The standard InChI is InChI=1S/C27H32O2/c1-18(10-9-12-20-11-7-8-13-21(20)25(28)29)22-17-24-23(16-19(22)2)26(3,4)14-15-27(24,5)6/h7-13,16-17H,14-15H2,1-6H3,(H,28,29). The van der Waals surface area contributed by atoms with Crippen LogP contribution in [-0.4, -0.2) is 11.1 Å². The molecule has 2 heteroatoms. The molecular formula is C27H32O2. The zero-order valence-electron chi connectivity index (χ0n) is 18.5. The third kappa shape index (κ3) is 4.22. The minimum Gasteiger partial charge on any atom is -0.478 e. The summed E-state index contributed by atoms with van der Waals surface area (Å²) in [5, 5.41) is 9.34. The average Bonchev–Trinajstić information content (AvgIpc) is 2.65. The highest BCUT2D eigenvalue weighted by Gasteiger charge is 2.37. The molecule has 0 radical (unpaired) electrons. The van der Waals surface area contributed by atoms with Gasteiger partial charge in [-0.05, 0) is 77.0 Å². The molecule has 1 N–H and O–H groups in total. The van der Waals surface area contributed by atoms with Gasteiger partial charge in [0.05, 0.1) is 5.56 Å². The second-order valence-electron chi connectivity index (χ2n) is 9.58. The summed E-state index contributed by atoms with van der Waals surface area (Å²) in [4.78, 5) is 11.4. The Kier molecular flexibility index (Phi) is 5.58. The molecule has 0 unspecified atom stereocenters. The number of hydrogen-bond acceptors (Lipinski definition) is 1. The fourth-order valence-corrected chi connectivity index (χ4v) is 4.37. The Morgan fingerprint density at radius 1 is 0.966 bits per heavy atom. The highest BCUT2D eigenvalue weighted by Crippen LogP contribution is 2.47. The minimum absolute atomic E-state index is 0.184. The van der Waals surface area contributed by atoms with Crippen LogP contribution in [0.5, 0.6) is 0 Å². The molecule has 0 atom stereocenters. The van der Waals surface area contributed by atoms with E-state index in [1.807, 2.05) is 24.3 Å². The predicted octanol–water partition coefficient (Wildman–Crippen LogP) is 7.16. The molecule has 0 saturated carbocycles. The number of aryl methyl sites for hydroxylation is 1. The van der Waals surface area contributed by atoms with Crippen molar-refractivity contribution in [3.05, 3.63) is 81.9 Å². The number of aromatic carboxylic acids is 1. The second kappa shape index (κ2) is 7.67. The minimum atomic E-state index is -0.902. The Labute approximate surface area is 175 Å². The summed E-state index contributed by atoms with van der Waals surface area (Å²) < 4.78 is 0. The molecule has 3 rings (SSSR count). The highest BCUT2D eigenvalue weighted by molar-refractivity contribution is 5.92. The van der Waals surface area contributed by atoms with Crippen molar-refractivity contribution in [2.24, 2.45) is 0 Å². The number of rotatable bonds is 4. The Morgan fingerprint density at radius 2 is 1.55 bits per heavy atom. The first-order valence-electron chi connectivity index (χ1n) is 10.4. The molecule has 1 aliphatic rings. The molecule has 2 aromatic carbocycles. The Bertz CT molecular complexity index is 1000. The van der Waals surface area contributed by atoms with Crippen LogP contribution in [-0.2, 0) is 10.8 Å². The van der Waals surface area contributed by atoms with Crippen molar-refractivity contribution in [1.29, 1.82) is 0 Å². The quantitative estimate of drug-likeness (QED) is 0.564. The molecule has 2 aromatic rings. The molecular weight excluding hydrogens is 356 g/mol. The summed E-state index contributed by atoms with van der Waals surface area (Å²) in [6, 6.07) is 11.8. The maximum atomic E-state index is 11.4. The summed E-state index contributed by atoms with van der Waals surface area (Å²) >= 11 is 0.